The molecule has 0 aromatic carbocycles. The number of carboxylic acids is 1. The van der Waals surface area contributed by atoms with Crippen LogP contribution in [0.3, 0.4) is 0 Å². The Kier molecular flexibility index (Phi) is 3.88. The Morgan fingerprint density at radius 2 is 2.00 bits per heavy atom. The van der Waals surface area contributed by atoms with E-state index < -0.39 is 7.52 Å². The van der Waals surface area contributed by atoms with Crippen LogP contribution in [0.4, 0.5) is 0 Å². The maximum absolute atomic E-state index is 10.0. The molecule has 0 saturated heterocycles. The molecular weight excluding hydrogens is 362 g/mol. The van der Waals surface area contributed by atoms with Gasteiger partial charge in [-0.15, -0.1) is 0 Å². The van der Waals surface area contributed by atoms with Crippen molar-refractivity contribution in [3.8, 4) is 0 Å². The predicted octanol–water partition coefficient (Wildman–Crippen LogP) is 0.396. The maximum Gasteiger partial charge on any atom is 0.330 e. The second-order valence-electron chi connectivity index (χ2n) is 1.56. The number of rotatable bonds is 2. The Morgan fingerprint density at radius 1 is 1.60 bits per heavy atom. The van der Waals surface area contributed by atoms with E-state index in [1.165, 1.54) is 0 Å². The fraction of sp³-hybridized carbons (Fsp3) is 0.250. The molecule has 0 aliphatic carbocycles. The van der Waals surface area contributed by atoms with Gasteiger partial charge in [-0.05, 0) is 45.2 Å². The summed E-state index contributed by atoms with van der Waals surface area (Å²) in [5.74, 6) is -1.08. The van der Waals surface area contributed by atoms with Gasteiger partial charge in [0.25, 0.3) is 0 Å². The van der Waals surface area contributed by atoms with Gasteiger partial charge in [0.15, 0.2) is 1.55 Å². The fourth-order valence-electron chi connectivity index (χ4n) is 0.229. The number of hydrogen-bond donors (Lipinski definition) is 3. The Bertz CT molecular complexity index is 173. The average molecular weight is 368 g/mol. The first-order chi connectivity index (χ1) is 4.34. The molecule has 4 nitrogen and oxygen atoms in total. The highest BCUT2D eigenvalue weighted by Gasteiger charge is 2.19. The molecule has 0 amide bonds. The lowest BCUT2D eigenvalue weighted by Crippen LogP contribution is -2.31. The summed E-state index contributed by atoms with van der Waals surface area (Å²) in [5.41, 5.74) is 10.9. The summed E-state index contributed by atoms with van der Waals surface area (Å²) >= 11 is 3.69. The van der Waals surface area contributed by atoms with Gasteiger partial charge < -0.3 is 16.6 Å². The lowest BCUT2D eigenvalue weighted by molar-refractivity contribution is -0.131. The molecule has 0 rings (SSSR count). The van der Waals surface area contributed by atoms with E-state index in [4.69, 9.17) is 16.6 Å². The highest BCUT2D eigenvalue weighted by atomic mass is 127. The van der Waals surface area contributed by atoms with Crippen LogP contribution in [0.5, 0.6) is 0 Å². The highest BCUT2D eigenvalue weighted by Crippen LogP contribution is 2.25. The molecular formula is C4H6I2N2O2. The van der Waals surface area contributed by atoms with Gasteiger partial charge in [-0.1, -0.05) is 0 Å². The van der Waals surface area contributed by atoms with Crippen molar-refractivity contribution in [1.29, 1.82) is 0 Å². The molecule has 0 unspecified atom stereocenters. The van der Waals surface area contributed by atoms with Crippen LogP contribution < -0.4 is 11.5 Å². The summed E-state index contributed by atoms with van der Waals surface area (Å²) in [6.45, 7) is 0. The monoisotopic (exact) mass is 368 g/mol. The van der Waals surface area contributed by atoms with Crippen LogP contribution in [0.15, 0.2) is 11.8 Å². The van der Waals surface area contributed by atoms with Crippen molar-refractivity contribution in [2.75, 3.05) is 0 Å². The van der Waals surface area contributed by atoms with E-state index in [9.17, 15) is 4.79 Å². The van der Waals surface area contributed by atoms with Gasteiger partial charge in [0.1, 0.15) is 0 Å². The van der Waals surface area contributed by atoms with Gasteiger partial charge in [0.05, 0.1) is 5.70 Å². The van der Waals surface area contributed by atoms with Crippen molar-refractivity contribution in [2.24, 2.45) is 11.5 Å². The van der Waals surface area contributed by atoms with Crippen LogP contribution in [-0.2, 0) is 4.79 Å². The molecule has 0 aromatic heterocycles. The third kappa shape index (κ3) is 4.28. The van der Waals surface area contributed by atoms with Gasteiger partial charge >= 0.3 is 5.97 Å². The second kappa shape index (κ2) is 3.72. The molecule has 58 valence electrons. The third-order valence-corrected chi connectivity index (χ3v) is 1.91. The SMILES string of the molecule is NC(=CC(=O)O)C(N)(I)I. The topological polar surface area (TPSA) is 89.3 Å². The van der Waals surface area contributed by atoms with Crippen molar-refractivity contribution in [1.82, 2.24) is 0 Å². The second-order valence-corrected chi connectivity index (χ2v) is 7.03. The van der Waals surface area contributed by atoms with Crippen LogP contribution in [0.2, 0.25) is 0 Å². The van der Waals surface area contributed by atoms with Crippen molar-refractivity contribution in [3.05, 3.63) is 11.8 Å². The van der Waals surface area contributed by atoms with E-state index in [0.29, 0.717) is 0 Å². The van der Waals surface area contributed by atoms with Crippen LogP contribution in [0.25, 0.3) is 0 Å². The quantitative estimate of drug-likeness (QED) is 0.285. The first kappa shape index (κ1) is 10.4. The molecule has 0 spiro atoms. The number of alkyl halides is 2. The number of nitrogens with two attached hydrogens (primary N) is 2. The molecule has 0 bridgehead atoms. The van der Waals surface area contributed by atoms with Gasteiger partial charge in [-0.25, -0.2) is 4.79 Å². The zero-order valence-electron chi connectivity index (χ0n) is 4.84. The Morgan fingerprint density at radius 3 is 2.10 bits per heavy atom. The van der Waals surface area contributed by atoms with E-state index >= 15 is 0 Å². The first-order valence-corrected chi connectivity index (χ1v) is 4.37. The number of carboxylic acid groups (broad SMARTS) is 1. The van der Waals surface area contributed by atoms with Crippen LogP contribution in [-0.4, -0.2) is 12.6 Å². The van der Waals surface area contributed by atoms with Crippen LogP contribution >= 0.6 is 45.2 Å². The molecule has 0 radical (unpaired) electrons. The predicted molar refractivity (Wildman–Crippen MR) is 54.9 cm³/mol. The smallest absolute Gasteiger partial charge is 0.330 e. The van der Waals surface area contributed by atoms with E-state index in [2.05, 4.69) is 0 Å². The molecule has 5 N–H and O–H groups in total. The van der Waals surface area contributed by atoms with E-state index in [0.717, 1.165) is 6.08 Å². The largest absolute Gasteiger partial charge is 0.478 e. The molecule has 0 fully saturated rings. The highest BCUT2D eigenvalue weighted by molar-refractivity contribution is 14.2. The third-order valence-electron chi connectivity index (χ3n) is 0.664. The van der Waals surface area contributed by atoms with Gasteiger partial charge in [-0.2, -0.15) is 0 Å². The van der Waals surface area contributed by atoms with Crippen LogP contribution in [0, 0.1) is 0 Å². The molecule has 0 aliphatic heterocycles. The normalized spacial score (nSPS) is 13.3. The summed E-state index contributed by atoms with van der Waals surface area (Å²) in [4.78, 5) is 10.0. The molecule has 0 aromatic rings. The minimum Gasteiger partial charge on any atom is -0.478 e. The minimum absolute atomic E-state index is 0.140. The molecule has 0 atom stereocenters. The first-order valence-electron chi connectivity index (χ1n) is 2.21. The van der Waals surface area contributed by atoms with E-state index in [-0.39, 0.29) is 5.70 Å². The summed E-state index contributed by atoms with van der Waals surface area (Å²) < 4.78 is -0.812. The Balaban J connectivity index is 4.35. The van der Waals surface area contributed by atoms with E-state index in [1.807, 2.05) is 45.2 Å². The zero-order chi connectivity index (χ0) is 8.36. The number of carbonyl (C=O) groups is 1. The van der Waals surface area contributed by atoms with Crippen LogP contribution in [0.1, 0.15) is 0 Å². The maximum atomic E-state index is 10.0. The van der Waals surface area contributed by atoms with Crippen molar-refractivity contribution in [2.45, 2.75) is 1.55 Å². The molecule has 10 heavy (non-hydrogen) atoms. The number of aliphatic carboxylic acids is 1. The van der Waals surface area contributed by atoms with Crippen molar-refractivity contribution >= 4 is 51.2 Å². The van der Waals surface area contributed by atoms with E-state index in [1.54, 1.807) is 0 Å². The zero-order valence-corrected chi connectivity index (χ0v) is 9.16. The van der Waals surface area contributed by atoms with Gasteiger partial charge in [0, 0.05) is 6.08 Å². The number of halogens is 2. The lowest BCUT2D eigenvalue weighted by Gasteiger charge is -2.13. The number of hydrogen-bond acceptors (Lipinski definition) is 3. The molecule has 6 heteroatoms. The average Bonchev–Trinajstić information content (AvgIpc) is 1.60. The molecule has 0 heterocycles. The summed E-state index contributed by atoms with van der Waals surface area (Å²) in [5, 5.41) is 8.23. The standard InChI is InChI=1S/C4H6I2N2O2/c5-4(6,8)2(7)1-3(9)10/h1H,7-8H2,(H,9,10). The Hall–Kier alpha value is 0.430. The fourth-order valence-corrected chi connectivity index (χ4v) is 0.541. The van der Waals surface area contributed by atoms with Gasteiger partial charge in [-0.3, -0.25) is 0 Å². The molecule has 0 aliphatic rings. The summed E-state index contributed by atoms with van der Waals surface area (Å²) in [7, 11) is 0. The van der Waals surface area contributed by atoms with Crippen molar-refractivity contribution < 1.29 is 9.90 Å². The molecule has 0 saturated carbocycles. The summed E-state index contributed by atoms with van der Waals surface area (Å²) in [6.07, 6.45) is 0.888. The lowest BCUT2D eigenvalue weighted by atomic mass is 10.4. The van der Waals surface area contributed by atoms with Crippen molar-refractivity contribution in [3.63, 3.8) is 0 Å². The summed E-state index contributed by atoms with van der Waals surface area (Å²) in [6, 6.07) is 0. The Labute approximate surface area is 85.3 Å². The minimum atomic E-state index is -1.08. The van der Waals surface area contributed by atoms with Gasteiger partial charge in [0.2, 0.25) is 0 Å².